The van der Waals surface area contributed by atoms with Crippen molar-refractivity contribution < 1.29 is 19.0 Å². The summed E-state index contributed by atoms with van der Waals surface area (Å²) in [6, 6.07) is 13.0. The van der Waals surface area contributed by atoms with Crippen molar-refractivity contribution in [3.05, 3.63) is 72.5 Å². The molecule has 1 fully saturated rings. The quantitative estimate of drug-likeness (QED) is 0.283. The van der Waals surface area contributed by atoms with Gasteiger partial charge in [-0.05, 0) is 55.3 Å². The van der Waals surface area contributed by atoms with Crippen LogP contribution in [0.1, 0.15) is 18.9 Å². The number of carbonyl (C=O) groups excluding carboxylic acids is 1. The molecule has 1 unspecified atom stereocenters. The highest BCUT2D eigenvalue weighted by Gasteiger charge is 2.28. The number of piperidine rings is 1. The second-order valence-electron chi connectivity index (χ2n) is 8.71. The molecule has 9 heteroatoms. The highest BCUT2D eigenvalue weighted by atomic mass is 35.5. The molecule has 1 amide bonds. The lowest BCUT2D eigenvalue weighted by Gasteiger charge is -2.32. The van der Waals surface area contributed by atoms with E-state index in [2.05, 4.69) is 11.6 Å². The minimum atomic E-state index is -0.0678. The van der Waals surface area contributed by atoms with Crippen LogP contribution in [0.5, 0.6) is 23.0 Å². The number of pyridine rings is 1. The fourth-order valence-corrected chi connectivity index (χ4v) is 4.94. The maximum Gasteiger partial charge on any atom is 0.246 e. The average Bonchev–Trinajstić information content (AvgIpc) is 3.34. The zero-order chi connectivity index (χ0) is 25.9. The number of hydrogen-bond donors (Lipinski definition) is 0. The zero-order valence-electron chi connectivity index (χ0n) is 20.7. The predicted molar refractivity (Wildman–Crippen MR) is 143 cm³/mol. The lowest BCUT2D eigenvalue weighted by atomic mass is 10.1. The van der Waals surface area contributed by atoms with Crippen LogP contribution in [-0.2, 0) is 4.79 Å². The van der Waals surface area contributed by atoms with Crippen LogP contribution in [0.15, 0.2) is 67.5 Å². The Morgan fingerprint density at radius 2 is 1.84 bits per heavy atom. The van der Waals surface area contributed by atoms with Crippen molar-refractivity contribution in [3.63, 3.8) is 0 Å². The van der Waals surface area contributed by atoms with E-state index in [1.807, 2.05) is 39.9 Å². The first-order chi connectivity index (χ1) is 18.0. The molecule has 2 aromatic carbocycles. The number of nitrogens with zero attached hydrogens (tertiary/aromatic N) is 4. The van der Waals surface area contributed by atoms with Crippen LogP contribution in [-0.4, -0.2) is 52.9 Å². The van der Waals surface area contributed by atoms with Gasteiger partial charge in [-0.1, -0.05) is 24.2 Å². The van der Waals surface area contributed by atoms with E-state index in [4.69, 9.17) is 30.9 Å². The van der Waals surface area contributed by atoms with E-state index in [1.54, 1.807) is 38.7 Å². The van der Waals surface area contributed by atoms with Gasteiger partial charge in [0.15, 0.2) is 5.75 Å². The van der Waals surface area contributed by atoms with E-state index in [0.717, 1.165) is 35.0 Å². The summed E-state index contributed by atoms with van der Waals surface area (Å²) in [4.78, 5) is 18.5. The maximum absolute atomic E-state index is 12.3. The van der Waals surface area contributed by atoms with Crippen molar-refractivity contribution in [3.8, 4) is 34.3 Å². The van der Waals surface area contributed by atoms with Gasteiger partial charge in [0.05, 0.1) is 31.8 Å². The number of rotatable bonds is 7. The smallest absolute Gasteiger partial charge is 0.246 e. The predicted octanol–water partition coefficient (Wildman–Crippen LogP) is 5.91. The molecular formula is C28H27ClN4O4. The van der Waals surface area contributed by atoms with Gasteiger partial charge >= 0.3 is 0 Å². The molecule has 3 heterocycles. The van der Waals surface area contributed by atoms with Crippen molar-refractivity contribution >= 4 is 28.4 Å². The molecule has 2 aromatic heterocycles. The molecule has 1 saturated heterocycles. The van der Waals surface area contributed by atoms with E-state index in [0.29, 0.717) is 41.1 Å². The van der Waals surface area contributed by atoms with E-state index >= 15 is 0 Å². The Labute approximate surface area is 220 Å². The Hall–Kier alpha value is -4.04. The van der Waals surface area contributed by atoms with Crippen molar-refractivity contribution in [2.24, 2.45) is 0 Å². The molecule has 190 valence electrons. The molecule has 5 rings (SSSR count). The van der Waals surface area contributed by atoms with Crippen LogP contribution in [0.4, 0.5) is 0 Å². The van der Waals surface area contributed by atoms with Gasteiger partial charge < -0.3 is 19.1 Å². The van der Waals surface area contributed by atoms with Crippen LogP contribution in [0.2, 0.25) is 5.02 Å². The highest BCUT2D eigenvalue weighted by Crippen LogP contribution is 2.39. The molecule has 1 aliphatic rings. The SMILES string of the molecule is C=CC(=O)N1CCCC(n2nc(-c3ccc(Oc4cccc(OC)c4Cl)cc3)c3cncc(OC)c32)C1. The third-order valence-electron chi connectivity index (χ3n) is 6.53. The molecule has 0 N–H and O–H groups in total. The molecule has 4 aromatic rings. The van der Waals surface area contributed by atoms with Crippen molar-refractivity contribution in [2.75, 3.05) is 27.3 Å². The summed E-state index contributed by atoms with van der Waals surface area (Å²) >= 11 is 6.38. The summed E-state index contributed by atoms with van der Waals surface area (Å²) in [5, 5.41) is 6.30. The third kappa shape index (κ3) is 4.72. The molecule has 0 bridgehead atoms. The Morgan fingerprint density at radius 1 is 1.08 bits per heavy atom. The van der Waals surface area contributed by atoms with Crippen LogP contribution < -0.4 is 14.2 Å². The molecule has 1 aliphatic heterocycles. The number of carbonyl (C=O) groups is 1. The Morgan fingerprint density at radius 3 is 2.57 bits per heavy atom. The largest absolute Gasteiger partial charge is 0.495 e. The lowest BCUT2D eigenvalue weighted by Crippen LogP contribution is -2.40. The zero-order valence-corrected chi connectivity index (χ0v) is 21.4. The summed E-state index contributed by atoms with van der Waals surface area (Å²) in [6.07, 6.45) is 6.63. The molecule has 8 nitrogen and oxygen atoms in total. The van der Waals surface area contributed by atoms with Gasteiger partial charge in [0.1, 0.15) is 33.5 Å². The maximum atomic E-state index is 12.3. The van der Waals surface area contributed by atoms with E-state index in [9.17, 15) is 4.79 Å². The molecule has 0 saturated carbocycles. The molecule has 0 radical (unpaired) electrons. The normalized spacial score (nSPS) is 15.4. The van der Waals surface area contributed by atoms with Gasteiger partial charge in [0, 0.05) is 24.8 Å². The van der Waals surface area contributed by atoms with Gasteiger partial charge in [0.25, 0.3) is 0 Å². The topological polar surface area (TPSA) is 78.7 Å². The fraction of sp³-hybridized carbons (Fsp3) is 0.250. The molecule has 0 aliphatic carbocycles. The number of ether oxygens (including phenoxy) is 3. The number of amides is 1. The summed E-state index contributed by atoms with van der Waals surface area (Å²) in [7, 11) is 3.19. The van der Waals surface area contributed by atoms with Gasteiger partial charge in [0.2, 0.25) is 5.91 Å². The van der Waals surface area contributed by atoms with Gasteiger partial charge in [-0.3, -0.25) is 14.5 Å². The summed E-state index contributed by atoms with van der Waals surface area (Å²) in [5.41, 5.74) is 2.53. The standard InChI is InChI=1S/C28H27ClN4O4/c1-4-25(34)32-14-6-7-19(17-32)33-28-21(15-30-16-24(28)36-3)27(31-33)18-10-12-20(13-11-18)37-23-9-5-8-22(35-2)26(23)29/h4-5,8-13,15-16,19H,1,6-7,14,17H2,2-3H3. The first-order valence-corrected chi connectivity index (χ1v) is 12.3. The molecule has 0 spiro atoms. The number of aromatic nitrogens is 3. The van der Waals surface area contributed by atoms with Crippen LogP contribution in [0.25, 0.3) is 22.2 Å². The Balaban J connectivity index is 1.50. The Bertz CT molecular complexity index is 1450. The van der Waals surface area contributed by atoms with Crippen LogP contribution >= 0.6 is 11.6 Å². The lowest BCUT2D eigenvalue weighted by molar-refractivity contribution is -0.127. The van der Waals surface area contributed by atoms with E-state index in [-0.39, 0.29) is 11.9 Å². The second-order valence-corrected chi connectivity index (χ2v) is 9.09. The second kappa shape index (κ2) is 10.5. The monoisotopic (exact) mass is 518 g/mol. The van der Waals surface area contributed by atoms with Crippen LogP contribution in [0, 0.1) is 0 Å². The molecule has 1 atom stereocenters. The summed E-state index contributed by atoms with van der Waals surface area (Å²) in [5.74, 6) is 2.25. The fourth-order valence-electron chi connectivity index (χ4n) is 4.70. The van der Waals surface area contributed by atoms with Crippen molar-refractivity contribution in [1.82, 2.24) is 19.7 Å². The Kier molecular flexibility index (Phi) is 7.01. The summed E-state index contributed by atoms with van der Waals surface area (Å²) in [6.45, 7) is 4.91. The average molecular weight is 519 g/mol. The first-order valence-electron chi connectivity index (χ1n) is 12.0. The number of halogens is 1. The first kappa shape index (κ1) is 24.6. The number of hydrogen-bond acceptors (Lipinski definition) is 6. The van der Waals surface area contributed by atoms with E-state index < -0.39 is 0 Å². The van der Waals surface area contributed by atoms with Crippen LogP contribution in [0.3, 0.4) is 0 Å². The third-order valence-corrected chi connectivity index (χ3v) is 6.90. The van der Waals surface area contributed by atoms with Gasteiger partial charge in [-0.2, -0.15) is 5.10 Å². The van der Waals surface area contributed by atoms with Gasteiger partial charge in [-0.25, -0.2) is 0 Å². The van der Waals surface area contributed by atoms with Crippen molar-refractivity contribution in [1.29, 1.82) is 0 Å². The van der Waals surface area contributed by atoms with Crippen molar-refractivity contribution in [2.45, 2.75) is 18.9 Å². The highest BCUT2D eigenvalue weighted by molar-refractivity contribution is 6.33. The summed E-state index contributed by atoms with van der Waals surface area (Å²) < 4.78 is 18.9. The number of likely N-dealkylation sites (tertiary alicyclic amines) is 1. The molecular weight excluding hydrogens is 492 g/mol. The molecule has 37 heavy (non-hydrogen) atoms. The number of benzene rings is 2. The van der Waals surface area contributed by atoms with E-state index in [1.165, 1.54) is 6.08 Å². The minimum Gasteiger partial charge on any atom is -0.495 e. The number of methoxy groups -OCH3 is 2. The number of fused-ring (bicyclic) bond motifs is 1. The minimum absolute atomic E-state index is 0.00279. The van der Waals surface area contributed by atoms with Gasteiger partial charge in [-0.15, -0.1) is 0 Å².